The quantitative estimate of drug-likeness (QED) is 0.598. The summed E-state index contributed by atoms with van der Waals surface area (Å²) < 4.78 is 0. The van der Waals surface area contributed by atoms with Gasteiger partial charge < -0.3 is 10.6 Å². The number of azo groups is 1. The van der Waals surface area contributed by atoms with Gasteiger partial charge in [-0.1, -0.05) is 30.3 Å². The topological polar surface area (TPSA) is 82.9 Å². The zero-order valence-corrected chi connectivity index (χ0v) is 15.4. The number of nitrogens with one attached hydrogen (secondary N) is 2. The maximum Gasteiger partial charge on any atom is 0.255 e. The number of rotatable bonds is 6. The van der Waals surface area contributed by atoms with Gasteiger partial charge in [-0.05, 0) is 54.1 Å². The zero-order chi connectivity index (χ0) is 19.8. The van der Waals surface area contributed by atoms with Gasteiger partial charge in [0.25, 0.3) is 5.91 Å². The molecule has 0 aliphatic rings. The molecule has 0 heterocycles. The second-order valence-corrected chi connectivity index (χ2v) is 6.14. The van der Waals surface area contributed by atoms with Crippen molar-refractivity contribution in [2.75, 3.05) is 5.32 Å². The van der Waals surface area contributed by atoms with Gasteiger partial charge in [-0.2, -0.15) is 10.2 Å². The van der Waals surface area contributed by atoms with Crippen molar-refractivity contribution in [3.63, 3.8) is 0 Å². The van der Waals surface area contributed by atoms with Crippen LogP contribution in [0, 0.1) is 0 Å². The minimum atomic E-state index is -0.204. The highest BCUT2D eigenvalue weighted by molar-refractivity contribution is 6.04. The molecule has 3 aromatic carbocycles. The highest BCUT2D eigenvalue weighted by Crippen LogP contribution is 2.20. The van der Waals surface area contributed by atoms with Crippen molar-refractivity contribution in [2.45, 2.75) is 13.5 Å². The average Bonchev–Trinajstić information content (AvgIpc) is 2.73. The number of amides is 2. The summed E-state index contributed by atoms with van der Waals surface area (Å²) in [6, 6.07) is 23.7. The molecule has 0 spiro atoms. The number of anilines is 1. The predicted molar refractivity (Wildman–Crippen MR) is 109 cm³/mol. The number of hydrogen-bond acceptors (Lipinski definition) is 4. The Balaban J connectivity index is 1.58. The van der Waals surface area contributed by atoms with Crippen LogP contribution >= 0.6 is 0 Å². The van der Waals surface area contributed by atoms with Gasteiger partial charge >= 0.3 is 0 Å². The van der Waals surface area contributed by atoms with E-state index in [0.29, 0.717) is 23.5 Å². The van der Waals surface area contributed by atoms with E-state index in [1.54, 1.807) is 36.4 Å². The van der Waals surface area contributed by atoms with Crippen LogP contribution in [0.25, 0.3) is 0 Å². The highest BCUT2D eigenvalue weighted by Gasteiger charge is 2.06. The molecule has 0 aromatic heterocycles. The number of carbonyl (C=O) groups is 2. The Morgan fingerprint density at radius 1 is 0.786 bits per heavy atom. The fourth-order valence-electron chi connectivity index (χ4n) is 2.43. The van der Waals surface area contributed by atoms with Crippen LogP contribution in [0.3, 0.4) is 0 Å². The Morgan fingerprint density at radius 3 is 2.00 bits per heavy atom. The number of nitrogens with zero attached hydrogens (tertiary/aromatic N) is 2. The van der Waals surface area contributed by atoms with Crippen molar-refractivity contribution in [1.82, 2.24) is 5.32 Å². The lowest BCUT2D eigenvalue weighted by Crippen LogP contribution is -2.19. The third-order valence-electron chi connectivity index (χ3n) is 3.92. The molecule has 0 aliphatic heterocycles. The molecule has 28 heavy (non-hydrogen) atoms. The standard InChI is InChI=1S/C22H20N4O2/c1-16(27)23-15-17-7-9-18(10-8-17)22(28)24-19-11-13-21(14-12-19)26-25-20-5-3-2-4-6-20/h2-14H,15H2,1H3,(H,23,27)(H,24,28). The molecule has 6 nitrogen and oxygen atoms in total. The van der Waals surface area contributed by atoms with E-state index in [1.165, 1.54) is 6.92 Å². The first-order chi connectivity index (χ1) is 13.6. The molecular formula is C22H20N4O2. The molecule has 0 aliphatic carbocycles. The summed E-state index contributed by atoms with van der Waals surface area (Å²) in [5.41, 5.74) is 3.62. The van der Waals surface area contributed by atoms with E-state index < -0.39 is 0 Å². The lowest BCUT2D eigenvalue weighted by Gasteiger charge is -2.07. The van der Waals surface area contributed by atoms with Crippen LogP contribution in [0.4, 0.5) is 17.1 Å². The van der Waals surface area contributed by atoms with Crippen LogP contribution in [-0.4, -0.2) is 11.8 Å². The second kappa shape index (κ2) is 9.23. The van der Waals surface area contributed by atoms with Gasteiger partial charge in [0.1, 0.15) is 0 Å². The Hall–Kier alpha value is -3.80. The number of carbonyl (C=O) groups excluding carboxylic acids is 2. The van der Waals surface area contributed by atoms with E-state index in [2.05, 4.69) is 20.9 Å². The lowest BCUT2D eigenvalue weighted by atomic mass is 10.1. The van der Waals surface area contributed by atoms with E-state index >= 15 is 0 Å². The molecule has 2 amide bonds. The molecule has 0 fully saturated rings. The number of hydrogen-bond donors (Lipinski definition) is 2. The Kier molecular flexibility index (Phi) is 6.25. The largest absolute Gasteiger partial charge is 0.352 e. The summed E-state index contributed by atoms with van der Waals surface area (Å²) in [4.78, 5) is 23.3. The monoisotopic (exact) mass is 372 g/mol. The van der Waals surface area contributed by atoms with E-state index in [0.717, 1.165) is 11.3 Å². The van der Waals surface area contributed by atoms with E-state index in [4.69, 9.17) is 0 Å². The summed E-state index contributed by atoms with van der Waals surface area (Å²) in [6.07, 6.45) is 0. The minimum absolute atomic E-state index is 0.0893. The molecule has 140 valence electrons. The van der Waals surface area contributed by atoms with Crippen molar-refractivity contribution in [3.05, 3.63) is 90.0 Å². The van der Waals surface area contributed by atoms with Gasteiger partial charge in [-0.3, -0.25) is 9.59 Å². The fraction of sp³-hybridized carbons (Fsp3) is 0.0909. The highest BCUT2D eigenvalue weighted by atomic mass is 16.2. The molecule has 0 saturated carbocycles. The van der Waals surface area contributed by atoms with Gasteiger partial charge in [0.05, 0.1) is 11.4 Å². The molecule has 3 rings (SSSR count). The van der Waals surface area contributed by atoms with Crippen molar-refractivity contribution < 1.29 is 9.59 Å². The lowest BCUT2D eigenvalue weighted by molar-refractivity contribution is -0.119. The Labute approximate surface area is 163 Å². The van der Waals surface area contributed by atoms with Crippen LogP contribution in [0.1, 0.15) is 22.8 Å². The number of benzene rings is 3. The summed E-state index contributed by atoms with van der Waals surface area (Å²) >= 11 is 0. The molecule has 0 bridgehead atoms. The van der Waals surface area contributed by atoms with Crippen LogP contribution in [0.15, 0.2) is 89.1 Å². The summed E-state index contributed by atoms with van der Waals surface area (Å²) in [5, 5.41) is 13.9. The van der Waals surface area contributed by atoms with Crippen LogP contribution in [0.2, 0.25) is 0 Å². The van der Waals surface area contributed by atoms with Crippen LogP contribution in [0.5, 0.6) is 0 Å². The Morgan fingerprint density at radius 2 is 1.39 bits per heavy atom. The third kappa shape index (κ3) is 5.60. The Bertz CT molecular complexity index is 966. The fourth-order valence-corrected chi connectivity index (χ4v) is 2.43. The van der Waals surface area contributed by atoms with Crippen molar-refractivity contribution in [3.8, 4) is 0 Å². The maximum atomic E-state index is 12.4. The van der Waals surface area contributed by atoms with E-state index in [-0.39, 0.29) is 11.8 Å². The molecule has 0 atom stereocenters. The summed E-state index contributed by atoms with van der Waals surface area (Å²) in [6.45, 7) is 1.91. The van der Waals surface area contributed by atoms with E-state index in [9.17, 15) is 9.59 Å². The smallest absolute Gasteiger partial charge is 0.255 e. The van der Waals surface area contributed by atoms with Gasteiger partial charge in [0, 0.05) is 24.7 Å². The molecule has 3 aromatic rings. The van der Waals surface area contributed by atoms with Crippen LogP contribution < -0.4 is 10.6 Å². The SMILES string of the molecule is CC(=O)NCc1ccc(C(=O)Nc2ccc(N=Nc3ccccc3)cc2)cc1. The van der Waals surface area contributed by atoms with Crippen molar-refractivity contribution >= 4 is 28.9 Å². The molecule has 0 radical (unpaired) electrons. The second-order valence-electron chi connectivity index (χ2n) is 6.14. The first-order valence-electron chi connectivity index (χ1n) is 8.82. The van der Waals surface area contributed by atoms with Gasteiger partial charge in [-0.25, -0.2) is 0 Å². The van der Waals surface area contributed by atoms with Gasteiger partial charge in [0.2, 0.25) is 5.91 Å². The summed E-state index contributed by atoms with van der Waals surface area (Å²) in [5.74, 6) is -0.293. The first kappa shape index (κ1) is 19.0. The first-order valence-corrected chi connectivity index (χ1v) is 8.82. The van der Waals surface area contributed by atoms with Crippen LogP contribution in [-0.2, 0) is 11.3 Å². The van der Waals surface area contributed by atoms with Crippen molar-refractivity contribution in [1.29, 1.82) is 0 Å². The molecule has 2 N–H and O–H groups in total. The van der Waals surface area contributed by atoms with Gasteiger partial charge in [0.15, 0.2) is 0 Å². The van der Waals surface area contributed by atoms with Crippen molar-refractivity contribution in [2.24, 2.45) is 10.2 Å². The predicted octanol–water partition coefficient (Wildman–Crippen LogP) is 4.99. The molecular weight excluding hydrogens is 352 g/mol. The zero-order valence-electron chi connectivity index (χ0n) is 15.4. The normalized spacial score (nSPS) is 10.6. The van der Waals surface area contributed by atoms with E-state index in [1.807, 2.05) is 42.5 Å². The minimum Gasteiger partial charge on any atom is -0.352 e. The molecule has 0 unspecified atom stereocenters. The molecule has 0 saturated heterocycles. The average molecular weight is 372 g/mol. The third-order valence-corrected chi connectivity index (χ3v) is 3.92. The van der Waals surface area contributed by atoms with Gasteiger partial charge in [-0.15, -0.1) is 0 Å². The summed E-state index contributed by atoms with van der Waals surface area (Å²) in [7, 11) is 0. The maximum absolute atomic E-state index is 12.4. The molecule has 6 heteroatoms.